The van der Waals surface area contributed by atoms with Gasteiger partial charge in [0.1, 0.15) is 0 Å². The lowest BCUT2D eigenvalue weighted by atomic mass is 10.1. The average molecular weight is 296 g/mol. The standard InChI is InChI=1S/C15H18ClNO3/c1-10-13(7-8-20-10)17(2)14-5-3-11(9-12(14)16)4-6-15(18)19/h3-6,9-10,13H,7-8H2,1-2H3,(H,18,19)/b6-4+. The second kappa shape index (κ2) is 6.29. The van der Waals surface area contributed by atoms with Crippen molar-refractivity contribution in [3.63, 3.8) is 0 Å². The predicted octanol–water partition coefficient (Wildman–Crippen LogP) is 3.05. The van der Waals surface area contributed by atoms with Crippen molar-refractivity contribution in [2.24, 2.45) is 0 Å². The molecule has 0 spiro atoms. The second-order valence-corrected chi connectivity index (χ2v) is 5.33. The van der Waals surface area contributed by atoms with E-state index in [1.807, 2.05) is 19.2 Å². The van der Waals surface area contributed by atoms with E-state index in [0.29, 0.717) is 11.1 Å². The fourth-order valence-electron chi connectivity index (χ4n) is 2.49. The van der Waals surface area contributed by atoms with Gasteiger partial charge in [0.25, 0.3) is 0 Å². The highest BCUT2D eigenvalue weighted by Crippen LogP contribution is 2.31. The van der Waals surface area contributed by atoms with Gasteiger partial charge in [-0.05, 0) is 37.1 Å². The lowest BCUT2D eigenvalue weighted by molar-refractivity contribution is -0.131. The number of hydrogen-bond acceptors (Lipinski definition) is 3. The molecule has 1 aromatic rings. The molecule has 1 fully saturated rings. The molecular formula is C15H18ClNO3. The third kappa shape index (κ3) is 3.32. The SMILES string of the molecule is CC1OCCC1N(C)c1ccc(/C=C/C(=O)O)cc1Cl. The number of carboxylic acids is 1. The average Bonchev–Trinajstić information content (AvgIpc) is 2.82. The first-order valence-electron chi connectivity index (χ1n) is 6.54. The van der Waals surface area contributed by atoms with E-state index < -0.39 is 5.97 Å². The molecule has 0 saturated carbocycles. The van der Waals surface area contributed by atoms with Crippen molar-refractivity contribution in [2.75, 3.05) is 18.6 Å². The lowest BCUT2D eigenvalue weighted by Gasteiger charge is -2.29. The Hall–Kier alpha value is -1.52. The minimum Gasteiger partial charge on any atom is -0.478 e. The summed E-state index contributed by atoms with van der Waals surface area (Å²) in [6.45, 7) is 2.83. The van der Waals surface area contributed by atoms with E-state index in [1.165, 1.54) is 6.08 Å². The molecule has 0 aliphatic carbocycles. The summed E-state index contributed by atoms with van der Waals surface area (Å²) in [6.07, 6.45) is 3.79. The molecule has 2 unspecified atom stereocenters. The highest BCUT2D eigenvalue weighted by atomic mass is 35.5. The molecule has 0 radical (unpaired) electrons. The number of hydrogen-bond donors (Lipinski definition) is 1. The highest BCUT2D eigenvalue weighted by Gasteiger charge is 2.28. The Labute approximate surface area is 123 Å². The zero-order chi connectivity index (χ0) is 14.7. The monoisotopic (exact) mass is 295 g/mol. The summed E-state index contributed by atoms with van der Waals surface area (Å²) in [5, 5.41) is 9.23. The second-order valence-electron chi connectivity index (χ2n) is 4.93. The van der Waals surface area contributed by atoms with Crippen molar-refractivity contribution in [2.45, 2.75) is 25.5 Å². The molecule has 1 aliphatic heterocycles. The third-order valence-electron chi connectivity index (χ3n) is 3.60. The Morgan fingerprint density at radius 1 is 1.55 bits per heavy atom. The van der Waals surface area contributed by atoms with Crippen LogP contribution in [0.2, 0.25) is 5.02 Å². The number of rotatable bonds is 4. The molecular weight excluding hydrogens is 278 g/mol. The maximum absolute atomic E-state index is 10.5. The summed E-state index contributed by atoms with van der Waals surface area (Å²) in [4.78, 5) is 12.6. The number of benzene rings is 1. The number of nitrogens with zero attached hydrogens (tertiary/aromatic N) is 1. The van der Waals surface area contributed by atoms with Crippen LogP contribution < -0.4 is 4.90 Å². The van der Waals surface area contributed by atoms with E-state index in [-0.39, 0.29) is 6.10 Å². The first kappa shape index (κ1) is 14.9. The van der Waals surface area contributed by atoms with Crippen LogP contribution >= 0.6 is 11.6 Å². The van der Waals surface area contributed by atoms with Crippen LogP contribution in [0.4, 0.5) is 5.69 Å². The molecule has 108 valence electrons. The van der Waals surface area contributed by atoms with Crippen molar-refractivity contribution in [3.05, 3.63) is 34.9 Å². The van der Waals surface area contributed by atoms with Crippen LogP contribution in [0, 0.1) is 0 Å². The normalized spacial score (nSPS) is 22.4. The number of carbonyl (C=O) groups is 1. The summed E-state index contributed by atoms with van der Waals surface area (Å²) in [5.74, 6) is -0.973. The molecule has 1 aromatic carbocycles. The minimum atomic E-state index is -0.973. The topological polar surface area (TPSA) is 49.8 Å². The smallest absolute Gasteiger partial charge is 0.328 e. The molecule has 1 N–H and O–H groups in total. The molecule has 1 aliphatic rings. The number of aliphatic carboxylic acids is 1. The minimum absolute atomic E-state index is 0.183. The van der Waals surface area contributed by atoms with Crippen LogP contribution in [0.1, 0.15) is 18.9 Å². The van der Waals surface area contributed by atoms with Gasteiger partial charge in [0.05, 0.1) is 22.9 Å². The van der Waals surface area contributed by atoms with Gasteiger partial charge in [0.15, 0.2) is 0 Å². The molecule has 20 heavy (non-hydrogen) atoms. The van der Waals surface area contributed by atoms with E-state index in [9.17, 15) is 4.79 Å². The van der Waals surface area contributed by atoms with Crippen LogP contribution in [0.3, 0.4) is 0 Å². The number of ether oxygens (including phenoxy) is 1. The lowest BCUT2D eigenvalue weighted by Crippen LogP contribution is -2.36. The fraction of sp³-hybridized carbons (Fsp3) is 0.400. The number of halogens is 1. The molecule has 0 bridgehead atoms. The van der Waals surface area contributed by atoms with Gasteiger partial charge in [-0.1, -0.05) is 17.7 Å². The molecule has 0 aromatic heterocycles. The van der Waals surface area contributed by atoms with Gasteiger partial charge in [0, 0.05) is 19.7 Å². The van der Waals surface area contributed by atoms with Crippen LogP contribution in [0.25, 0.3) is 6.08 Å². The van der Waals surface area contributed by atoms with E-state index >= 15 is 0 Å². The van der Waals surface area contributed by atoms with Gasteiger partial charge < -0.3 is 14.7 Å². The molecule has 1 heterocycles. The zero-order valence-electron chi connectivity index (χ0n) is 11.5. The Kier molecular flexibility index (Phi) is 4.68. The Bertz CT molecular complexity index is 530. The van der Waals surface area contributed by atoms with Crippen LogP contribution in [0.15, 0.2) is 24.3 Å². The summed E-state index contributed by atoms with van der Waals surface area (Å²) >= 11 is 6.30. The molecule has 2 atom stereocenters. The number of anilines is 1. The summed E-state index contributed by atoms with van der Waals surface area (Å²) in [5.41, 5.74) is 1.70. The van der Waals surface area contributed by atoms with Crippen LogP contribution in [-0.4, -0.2) is 36.9 Å². The Morgan fingerprint density at radius 2 is 2.30 bits per heavy atom. The van der Waals surface area contributed by atoms with Crippen molar-refractivity contribution in [1.29, 1.82) is 0 Å². The van der Waals surface area contributed by atoms with E-state index in [0.717, 1.165) is 30.4 Å². The van der Waals surface area contributed by atoms with Gasteiger partial charge in [-0.15, -0.1) is 0 Å². The maximum Gasteiger partial charge on any atom is 0.328 e. The number of likely N-dealkylation sites (N-methyl/N-ethyl adjacent to an activating group) is 1. The molecule has 2 rings (SSSR count). The molecule has 1 saturated heterocycles. The highest BCUT2D eigenvalue weighted by molar-refractivity contribution is 6.33. The molecule has 0 amide bonds. The first-order chi connectivity index (χ1) is 9.49. The van der Waals surface area contributed by atoms with Gasteiger partial charge in [-0.3, -0.25) is 0 Å². The van der Waals surface area contributed by atoms with Crippen molar-refractivity contribution < 1.29 is 14.6 Å². The van der Waals surface area contributed by atoms with Gasteiger partial charge in [-0.2, -0.15) is 0 Å². The molecule has 5 heteroatoms. The summed E-state index contributed by atoms with van der Waals surface area (Å²) < 4.78 is 5.58. The third-order valence-corrected chi connectivity index (χ3v) is 3.91. The molecule has 4 nitrogen and oxygen atoms in total. The first-order valence-corrected chi connectivity index (χ1v) is 6.92. The summed E-state index contributed by atoms with van der Waals surface area (Å²) in [6, 6.07) is 5.85. The van der Waals surface area contributed by atoms with Gasteiger partial charge in [-0.25, -0.2) is 4.79 Å². The van der Waals surface area contributed by atoms with Crippen molar-refractivity contribution in [3.8, 4) is 0 Å². The fourth-order valence-corrected chi connectivity index (χ4v) is 2.81. The van der Waals surface area contributed by atoms with Crippen molar-refractivity contribution in [1.82, 2.24) is 0 Å². The largest absolute Gasteiger partial charge is 0.478 e. The predicted molar refractivity (Wildman–Crippen MR) is 80.3 cm³/mol. The van der Waals surface area contributed by atoms with Crippen molar-refractivity contribution >= 4 is 29.3 Å². The zero-order valence-corrected chi connectivity index (χ0v) is 12.3. The van der Waals surface area contributed by atoms with Gasteiger partial charge in [0.2, 0.25) is 0 Å². The summed E-state index contributed by atoms with van der Waals surface area (Å²) in [7, 11) is 2.00. The Morgan fingerprint density at radius 3 is 2.85 bits per heavy atom. The Balaban J connectivity index is 2.19. The van der Waals surface area contributed by atoms with Crippen LogP contribution in [-0.2, 0) is 9.53 Å². The quantitative estimate of drug-likeness (QED) is 0.868. The number of carboxylic acid groups (broad SMARTS) is 1. The van der Waals surface area contributed by atoms with Crippen LogP contribution in [0.5, 0.6) is 0 Å². The van der Waals surface area contributed by atoms with Gasteiger partial charge >= 0.3 is 5.97 Å². The van der Waals surface area contributed by atoms with E-state index in [4.69, 9.17) is 21.4 Å². The maximum atomic E-state index is 10.5. The van der Waals surface area contributed by atoms with E-state index in [1.54, 1.807) is 6.07 Å². The van der Waals surface area contributed by atoms with E-state index in [2.05, 4.69) is 11.8 Å².